The number of nitrogens with zero attached hydrogens (tertiary/aromatic N) is 4. The van der Waals surface area contributed by atoms with E-state index in [1.807, 2.05) is 35.2 Å². The Labute approximate surface area is 148 Å². The number of hydrogen-bond donors (Lipinski definition) is 0. The first kappa shape index (κ1) is 17.4. The van der Waals surface area contributed by atoms with Crippen LogP contribution in [-0.2, 0) is 0 Å². The van der Waals surface area contributed by atoms with Gasteiger partial charge in [-0.2, -0.15) is 0 Å². The predicted octanol–water partition coefficient (Wildman–Crippen LogP) is 4.35. The zero-order valence-electron chi connectivity index (χ0n) is 14.5. The largest absolute Gasteiger partial charge is 0.311 e. The highest BCUT2D eigenvalue weighted by molar-refractivity contribution is 5.68. The summed E-state index contributed by atoms with van der Waals surface area (Å²) < 4.78 is 0. The quantitative estimate of drug-likeness (QED) is 0.578. The molecule has 1 aliphatic rings. The second-order valence-electron chi connectivity index (χ2n) is 6.29. The smallest absolute Gasteiger partial charge is 0.304 e. The van der Waals surface area contributed by atoms with Crippen LogP contribution in [0.15, 0.2) is 48.7 Å². The maximum Gasteiger partial charge on any atom is 0.311 e. The van der Waals surface area contributed by atoms with Crippen LogP contribution in [0, 0.1) is 10.1 Å². The summed E-state index contributed by atoms with van der Waals surface area (Å²) >= 11 is 0. The molecule has 3 rings (SSSR count). The highest BCUT2D eigenvalue weighted by atomic mass is 16.6. The van der Waals surface area contributed by atoms with E-state index in [-0.39, 0.29) is 16.8 Å². The van der Waals surface area contributed by atoms with E-state index in [0.29, 0.717) is 5.82 Å². The molecule has 0 radical (unpaired) electrons. The Hall–Kier alpha value is -2.47. The van der Waals surface area contributed by atoms with E-state index in [4.69, 9.17) is 0 Å². The van der Waals surface area contributed by atoms with E-state index in [0.717, 1.165) is 25.2 Å². The monoisotopic (exact) mass is 340 g/mol. The third-order valence-electron chi connectivity index (χ3n) is 4.70. The molecule has 1 unspecified atom stereocenters. The van der Waals surface area contributed by atoms with Crippen LogP contribution in [0.4, 0.5) is 17.2 Å². The summed E-state index contributed by atoms with van der Waals surface area (Å²) in [4.78, 5) is 20.1. The maximum absolute atomic E-state index is 11.6. The molecule has 1 saturated heterocycles. The molecule has 1 fully saturated rings. The number of anilines is 2. The molecular formula is C19H24N4O2. The van der Waals surface area contributed by atoms with Gasteiger partial charge in [-0.25, -0.2) is 4.98 Å². The Morgan fingerprint density at radius 2 is 1.88 bits per heavy atom. The highest BCUT2D eigenvalue weighted by Gasteiger charge is 2.31. The zero-order valence-corrected chi connectivity index (χ0v) is 14.5. The van der Waals surface area contributed by atoms with E-state index in [9.17, 15) is 10.1 Å². The van der Waals surface area contributed by atoms with Gasteiger partial charge >= 0.3 is 5.69 Å². The lowest BCUT2D eigenvalue weighted by Crippen LogP contribution is -2.48. The summed E-state index contributed by atoms with van der Waals surface area (Å²) in [5.41, 5.74) is 0.975. The minimum Gasteiger partial charge on any atom is -0.304 e. The number of aromatic nitrogens is 1. The number of benzene rings is 1. The number of pyridine rings is 1. The van der Waals surface area contributed by atoms with Crippen molar-refractivity contribution in [3.63, 3.8) is 0 Å². The number of para-hydroxylation sites is 1. The summed E-state index contributed by atoms with van der Waals surface area (Å²) in [5.74, 6) is 0.413. The Morgan fingerprint density at radius 3 is 2.52 bits per heavy atom. The van der Waals surface area contributed by atoms with Gasteiger partial charge in [0, 0.05) is 31.0 Å². The summed E-state index contributed by atoms with van der Waals surface area (Å²) in [6, 6.07) is 13.0. The molecule has 6 nitrogen and oxygen atoms in total. The molecule has 25 heavy (non-hydrogen) atoms. The maximum atomic E-state index is 11.6. The van der Waals surface area contributed by atoms with Crippen molar-refractivity contribution in [1.29, 1.82) is 0 Å². The van der Waals surface area contributed by atoms with Crippen LogP contribution in [0.2, 0.25) is 0 Å². The van der Waals surface area contributed by atoms with Gasteiger partial charge in [0.1, 0.15) is 0 Å². The van der Waals surface area contributed by atoms with E-state index in [1.165, 1.54) is 25.3 Å². The molecule has 0 bridgehead atoms. The molecule has 0 aliphatic carbocycles. The van der Waals surface area contributed by atoms with Gasteiger partial charge in [0.2, 0.25) is 5.82 Å². The average molecular weight is 340 g/mol. The molecular weight excluding hydrogens is 316 g/mol. The van der Waals surface area contributed by atoms with E-state index >= 15 is 0 Å². The van der Waals surface area contributed by atoms with Crippen LogP contribution < -0.4 is 4.90 Å². The van der Waals surface area contributed by atoms with Crippen molar-refractivity contribution in [3.8, 4) is 0 Å². The zero-order chi connectivity index (χ0) is 17.6. The minimum atomic E-state index is -0.346. The molecule has 1 atom stereocenters. The van der Waals surface area contributed by atoms with Crippen LogP contribution in [-0.4, -0.2) is 34.1 Å². The van der Waals surface area contributed by atoms with Gasteiger partial charge in [-0.3, -0.25) is 15.0 Å². The van der Waals surface area contributed by atoms with Crippen LogP contribution in [0.1, 0.15) is 32.6 Å². The third-order valence-corrected chi connectivity index (χ3v) is 4.70. The van der Waals surface area contributed by atoms with Gasteiger partial charge in [-0.05, 0) is 37.5 Å². The lowest BCUT2D eigenvalue weighted by molar-refractivity contribution is -0.384. The molecule has 1 aromatic carbocycles. The molecule has 1 aliphatic heterocycles. The van der Waals surface area contributed by atoms with E-state index < -0.39 is 0 Å². The first-order valence-electron chi connectivity index (χ1n) is 8.90. The van der Waals surface area contributed by atoms with Crippen molar-refractivity contribution in [2.45, 2.75) is 38.8 Å². The minimum absolute atomic E-state index is 0.0433. The van der Waals surface area contributed by atoms with Crippen LogP contribution in [0.3, 0.4) is 0 Å². The van der Waals surface area contributed by atoms with Crippen molar-refractivity contribution < 1.29 is 4.92 Å². The Morgan fingerprint density at radius 1 is 1.16 bits per heavy atom. The van der Waals surface area contributed by atoms with Crippen molar-refractivity contribution >= 4 is 17.2 Å². The van der Waals surface area contributed by atoms with Crippen LogP contribution >= 0.6 is 0 Å². The molecule has 2 heterocycles. The number of hydrogen-bond acceptors (Lipinski definition) is 5. The first-order valence-corrected chi connectivity index (χ1v) is 8.90. The van der Waals surface area contributed by atoms with Crippen molar-refractivity contribution in [1.82, 2.24) is 9.88 Å². The summed E-state index contributed by atoms with van der Waals surface area (Å²) in [5, 5.41) is 11.6. The fourth-order valence-corrected chi connectivity index (χ4v) is 3.56. The molecule has 6 heteroatoms. The Balaban J connectivity index is 2.08. The molecule has 132 valence electrons. The standard InChI is InChI=1S/C19H24N4O2/c1-2-18(21-14-7-4-8-15-21)22(16-10-5-3-6-11-16)19-17(23(24)25)12-9-13-20-19/h3,5-6,9-13,18H,2,4,7-8,14-15H2,1H3. The second kappa shape index (κ2) is 8.07. The Bertz CT molecular complexity index is 702. The number of rotatable bonds is 6. The third kappa shape index (κ3) is 3.79. The molecule has 0 spiro atoms. The van der Waals surface area contributed by atoms with Gasteiger partial charge in [0.05, 0.1) is 11.1 Å². The van der Waals surface area contributed by atoms with Crippen molar-refractivity contribution in [3.05, 3.63) is 58.8 Å². The average Bonchev–Trinajstić information content (AvgIpc) is 2.67. The van der Waals surface area contributed by atoms with Crippen LogP contribution in [0.25, 0.3) is 0 Å². The molecule has 1 aromatic heterocycles. The molecule has 0 saturated carbocycles. The van der Waals surface area contributed by atoms with E-state index in [2.05, 4.69) is 16.8 Å². The van der Waals surface area contributed by atoms with Gasteiger partial charge in [0.15, 0.2) is 0 Å². The summed E-state index contributed by atoms with van der Waals surface area (Å²) in [7, 11) is 0. The Kier molecular flexibility index (Phi) is 5.60. The van der Waals surface area contributed by atoms with E-state index in [1.54, 1.807) is 12.3 Å². The van der Waals surface area contributed by atoms with Crippen molar-refractivity contribution in [2.75, 3.05) is 18.0 Å². The summed E-state index contributed by atoms with van der Waals surface area (Å²) in [6.07, 6.45) is 6.13. The second-order valence-corrected chi connectivity index (χ2v) is 6.29. The highest BCUT2D eigenvalue weighted by Crippen LogP contribution is 2.35. The topological polar surface area (TPSA) is 62.5 Å². The predicted molar refractivity (Wildman–Crippen MR) is 99.0 cm³/mol. The SMILES string of the molecule is CCC(N1CCCCC1)N(c1ccccc1)c1ncccc1[N+](=O)[O-]. The lowest BCUT2D eigenvalue weighted by Gasteiger charge is -2.41. The molecule has 2 aromatic rings. The van der Waals surface area contributed by atoms with Gasteiger partial charge in [-0.15, -0.1) is 0 Å². The number of piperidine rings is 1. The normalized spacial score (nSPS) is 16.4. The van der Waals surface area contributed by atoms with Crippen LogP contribution in [0.5, 0.6) is 0 Å². The number of likely N-dealkylation sites (tertiary alicyclic amines) is 1. The molecule has 0 N–H and O–H groups in total. The van der Waals surface area contributed by atoms with Gasteiger partial charge < -0.3 is 4.90 Å². The molecule has 0 amide bonds. The fraction of sp³-hybridized carbons (Fsp3) is 0.421. The first-order chi connectivity index (χ1) is 12.2. The lowest BCUT2D eigenvalue weighted by atomic mass is 10.1. The van der Waals surface area contributed by atoms with Gasteiger partial charge in [-0.1, -0.05) is 31.5 Å². The van der Waals surface area contributed by atoms with Crippen molar-refractivity contribution in [2.24, 2.45) is 0 Å². The summed E-state index contributed by atoms with van der Waals surface area (Å²) in [6.45, 7) is 4.16. The fourth-order valence-electron chi connectivity index (χ4n) is 3.56. The van der Waals surface area contributed by atoms with Gasteiger partial charge in [0.25, 0.3) is 0 Å². The number of nitro groups is 1.